The normalized spacial score (nSPS) is 10.8. The Kier molecular flexibility index (Phi) is 8.38. The number of amides is 1. The van der Waals surface area contributed by atoms with Gasteiger partial charge in [-0.3, -0.25) is 4.79 Å². The van der Waals surface area contributed by atoms with E-state index in [1.165, 1.54) is 6.07 Å². The van der Waals surface area contributed by atoms with Gasteiger partial charge in [-0.25, -0.2) is 0 Å². The first-order valence-electron chi connectivity index (χ1n) is 7.31. The molecule has 124 valence electrons. The highest BCUT2D eigenvalue weighted by molar-refractivity contribution is 6.33. The molecular weight excluding hydrogens is 325 g/mol. The quantitative estimate of drug-likeness (QED) is 0.532. The number of likely N-dealkylation sites (N-methyl/N-ethyl adjacent to an activating group) is 1. The van der Waals surface area contributed by atoms with Crippen LogP contribution in [0.2, 0.25) is 5.02 Å². The number of halogens is 2. The van der Waals surface area contributed by atoms with Crippen LogP contribution in [0.1, 0.15) is 24.2 Å². The van der Waals surface area contributed by atoms with Crippen molar-refractivity contribution in [2.45, 2.75) is 13.8 Å². The summed E-state index contributed by atoms with van der Waals surface area (Å²) in [6.07, 6.45) is 0. The van der Waals surface area contributed by atoms with Gasteiger partial charge in [0.1, 0.15) is 12.4 Å². The second kappa shape index (κ2) is 9.77. The van der Waals surface area contributed by atoms with E-state index in [4.69, 9.17) is 33.7 Å². The van der Waals surface area contributed by atoms with E-state index < -0.39 is 0 Å². The minimum atomic E-state index is -0.237. The Morgan fingerprint density at radius 2 is 2.05 bits per heavy atom. The van der Waals surface area contributed by atoms with E-state index in [9.17, 15) is 4.79 Å². The molecule has 0 aliphatic carbocycles. The molecule has 1 aromatic carbocycles. The molecule has 0 atom stereocenters. The maximum absolute atomic E-state index is 12.3. The molecule has 0 fully saturated rings. The van der Waals surface area contributed by atoms with Gasteiger partial charge in [-0.05, 0) is 19.2 Å². The smallest absolute Gasteiger partial charge is 0.255 e. The first-order valence-corrected chi connectivity index (χ1v) is 8.23. The number of rotatable bonds is 9. The van der Waals surface area contributed by atoms with E-state index in [-0.39, 0.29) is 5.91 Å². The number of carbonyl (C=O) groups is 1. The number of hydrogen-bond acceptors (Lipinski definition) is 4. The van der Waals surface area contributed by atoms with Gasteiger partial charge in [-0.2, -0.15) is 0 Å². The second-order valence-corrected chi connectivity index (χ2v) is 5.48. The molecule has 3 N–H and O–H groups in total. The molecule has 1 rings (SSSR count). The van der Waals surface area contributed by atoms with Crippen LogP contribution >= 0.6 is 23.2 Å². The highest BCUT2D eigenvalue weighted by atomic mass is 35.5. The molecule has 1 amide bonds. The Bertz CT molecular complexity index is 494. The summed E-state index contributed by atoms with van der Waals surface area (Å²) in [4.78, 5) is 14.5. The van der Waals surface area contributed by atoms with Gasteiger partial charge < -0.3 is 20.7 Å². The minimum absolute atomic E-state index is 0.237. The number of nitrogen functional groups attached to an aromatic ring is 1. The van der Waals surface area contributed by atoms with Crippen LogP contribution in [-0.2, 0) is 0 Å². The van der Waals surface area contributed by atoms with Crippen molar-refractivity contribution in [2.75, 3.05) is 44.4 Å². The van der Waals surface area contributed by atoms with Gasteiger partial charge in [0.15, 0.2) is 0 Å². The lowest BCUT2D eigenvalue weighted by atomic mass is 10.1. The monoisotopic (exact) mass is 347 g/mol. The molecule has 0 saturated carbocycles. The molecule has 0 aromatic heterocycles. The van der Waals surface area contributed by atoms with E-state index in [0.29, 0.717) is 41.1 Å². The van der Waals surface area contributed by atoms with Crippen LogP contribution in [0.15, 0.2) is 12.1 Å². The Labute approximate surface area is 141 Å². The molecule has 0 aliphatic heterocycles. The SMILES string of the molecule is CCN(CC)CCNC(=O)c1cc(Cl)c(N)cc1OCCCl. The Hall–Kier alpha value is -1.17. The number of alkyl halides is 1. The molecule has 1 aromatic rings. The summed E-state index contributed by atoms with van der Waals surface area (Å²) in [5, 5.41) is 3.19. The fourth-order valence-corrected chi connectivity index (χ4v) is 2.22. The molecule has 0 unspecified atom stereocenters. The molecule has 22 heavy (non-hydrogen) atoms. The zero-order valence-corrected chi connectivity index (χ0v) is 14.5. The number of carbonyl (C=O) groups excluding carboxylic acids is 1. The van der Waals surface area contributed by atoms with Gasteiger partial charge in [0, 0.05) is 19.2 Å². The highest BCUT2D eigenvalue weighted by Gasteiger charge is 2.15. The van der Waals surface area contributed by atoms with Gasteiger partial charge >= 0.3 is 0 Å². The third-order valence-electron chi connectivity index (χ3n) is 3.29. The molecule has 0 saturated heterocycles. The summed E-state index contributed by atoms with van der Waals surface area (Å²) < 4.78 is 5.47. The topological polar surface area (TPSA) is 67.6 Å². The van der Waals surface area contributed by atoms with Crippen LogP contribution in [-0.4, -0.2) is 49.5 Å². The van der Waals surface area contributed by atoms with Gasteiger partial charge in [0.2, 0.25) is 0 Å². The minimum Gasteiger partial charge on any atom is -0.491 e. The summed E-state index contributed by atoms with van der Waals surface area (Å²) in [5.41, 5.74) is 6.49. The number of benzene rings is 1. The number of nitrogens with zero attached hydrogens (tertiary/aromatic N) is 1. The Morgan fingerprint density at radius 1 is 1.36 bits per heavy atom. The lowest BCUT2D eigenvalue weighted by molar-refractivity contribution is 0.0945. The lowest BCUT2D eigenvalue weighted by Gasteiger charge is -2.18. The lowest BCUT2D eigenvalue weighted by Crippen LogP contribution is -2.35. The van der Waals surface area contributed by atoms with E-state index in [0.717, 1.165) is 19.6 Å². The summed E-state index contributed by atoms with van der Waals surface area (Å²) in [7, 11) is 0. The summed E-state index contributed by atoms with van der Waals surface area (Å²) >= 11 is 11.6. The maximum atomic E-state index is 12.3. The van der Waals surface area contributed by atoms with Crippen molar-refractivity contribution in [1.82, 2.24) is 10.2 Å². The van der Waals surface area contributed by atoms with Crippen LogP contribution < -0.4 is 15.8 Å². The summed E-state index contributed by atoms with van der Waals surface area (Å²) in [5.74, 6) is 0.479. The molecule has 0 spiro atoms. The van der Waals surface area contributed by atoms with Gasteiger partial charge in [0.25, 0.3) is 5.91 Å². The van der Waals surface area contributed by atoms with Crippen molar-refractivity contribution < 1.29 is 9.53 Å². The van der Waals surface area contributed by atoms with Crippen molar-refractivity contribution in [3.05, 3.63) is 22.7 Å². The van der Waals surface area contributed by atoms with E-state index in [1.54, 1.807) is 6.07 Å². The van der Waals surface area contributed by atoms with Crippen molar-refractivity contribution in [2.24, 2.45) is 0 Å². The zero-order chi connectivity index (χ0) is 16.5. The fraction of sp³-hybridized carbons (Fsp3) is 0.533. The molecule has 0 heterocycles. The standard InChI is InChI=1S/C15H23Cl2N3O2/c1-3-20(4-2)7-6-19-15(21)11-9-12(17)13(18)10-14(11)22-8-5-16/h9-10H,3-8,18H2,1-2H3,(H,19,21). The zero-order valence-electron chi connectivity index (χ0n) is 13.0. The summed E-state index contributed by atoms with van der Waals surface area (Å²) in [6, 6.07) is 3.07. The predicted octanol–water partition coefficient (Wildman–Crippen LogP) is 2.61. The van der Waals surface area contributed by atoms with Crippen LogP contribution in [0.25, 0.3) is 0 Å². The molecule has 5 nitrogen and oxygen atoms in total. The number of anilines is 1. The molecule has 0 radical (unpaired) electrons. The predicted molar refractivity (Wildman–Crippen MR) is 92.2 cm³/mol. The molecule has 7 heteroatoms. The van der Waals surface area contributed by atoms with Gasteiger partial charge in [-0.1, -0.05) is 25.4 Å². The van der Waals surface area contributed by atoms with Crippen molar-refractivity contribution >= 4 is 34.8 Å². The van der Waals surface area contributed by atoms with Crippen LogP contribution in [0.3, 0.4) is 0 Å². The van der Waals surface area contributed by atoms with Gasteiger partial charge in [-0.15, -0.1) is 11.6 Å². The van der Waals surface area contributed by atoms with E-state index in [1.807, 2.05) is 0 Å². The van der Waals surface area contributed by atoms with Crippen LogP contribution in [0, 0.1) is 0 Å². The Balaban J connectivity index is 2.76. The number of ether oxygens (including phenoxy) is 1. The number of nitrogens with one attached hydrogen (secondary N) is 1. The first-order chi connectivity index (χ1) is 10.5. The highest BCUT2D eigenvalue weighted by Crippen LogP contribution is 2.29. The number of nitrogens with two attached hydrogens (primary N) is 1. The number of hydrogen-bond donors (Lipinski definition) is 2. The second-order valence-electron chi connectivity index (χ2n) is 4.69. The molecule has 0 aliphatic rings. The average Bonchev–Trinajstić information content (AvgIpc) is 2.52. The fourth-order valence-electron chi connectivity index (χ4n) is 1.98. The Morgan fingerprint density at radius 3 is 2.64 bits per heavy atom. The summed E-state index contributed by atoms with van der Waals surface area (Å²) in [6.45, 7) is 7.71. The maximum Gasteiger partial charge on any atom is 0.255 e. The molecule has 0 bridgehead atoms. The van der Waals surface area contributed by atoms with Crippen LogP contribution in [0.5, 0.6) is 5.75 Å². The van der Waals surface area contributed by atoms with E-state index >= 15 is 0 Å². The van der Waals surface area contributed by atoms with Crippen molar-refractivity contribution in [3.63, 3.8) is 0 Å². The van der Waals surface area contributed by atoms with Crippen molar-refractivity contribution in [3.8, 4) is 5.75 Å². The van der Waals surface area contributed by atoms with Gasteiger partial charge in [0.05, 0.1) is 22.2 Å². The van der Waals surface area contributed by atoms with E-state index in [2.05, 4.69) is 24.1 Å². The third kappa shape index (κ3) is 5.55. The van der Waals surface area contributed by atoms with Crippen molar-refractivity contribution in [1.29, 1.82) is 0 Å². The average molecular weight is 348 g/mol. The molecular formula is C15H23Cl2N3O2. The van der Waals surface area contributed by atoms with Crippen LogP contribution in [0.4, 0.5) is 5.69 Å². The third-order valence-corrected chi connectivity index (χ3v) is 3.77. The largest absolute Gasteiger partial charge is 0.491 e. The first kappa shape index (κ1) is 18.9.